The van der Waals surface area contributed by atoms with Gasteiger partial charge in [-0.05, 0) is 18.4 Å². The van der Waals surface area contributed by atoms with Gasteiger partial charge in [-0.1, -0.05) is 56.3 Å². The van der Waals surface area contributed by atoms with Crippen molar-refractivity contribution in [1.82, 2.24) is 10.6 Å². The number of esters is 1. The molecular weight excluding hydrogens is 332 g/mol. The van der Waals surface area contributed by atoms with E-state index in [1.165, 1.54) is 0 Å². The van der Waals surface area contributed by atoms with Gasteiger partial charge in [0.05, 0.1) is 6.04 Å². The van der Waals surface area contributed by atoms with Crippen LogP contribution in [0.4, 0.5) is 0 Å². The molecule has 26 heavy (non-hydrogen) atoms. The third-order valence-electron chi connectivity index (χ3n) is 4.13. The third kappa shape index (κ3) is 6.02. The summed E-state index contributed by atoms with van der Waals surface area (Å²) in [4.78, 5) is 36.5. The van der Waals surface area contributed by atoms with Crippen LogP contribution >= 0.6 is 0 Å². The number of carbonyl (C=O) groups is 3. The quantitative estimate of drug-likeness (QED) is 0.641. The predicted molar refractivity (Wildman–Crippen MR) is 98.0 cm³/mol. The molecular formula is C20H26N2O4. The molecule has 6 nitrogen and oxygen atoms in total. The highest BCUT2D eigenvalue weighted by atomic mass is 16.5. The Bertz CT molecular complexity index is 655. The summed E-state index contributed by atoms with van der Waals surface area (Å²) < 4.78 is 5.42. The Morgan fingerprint density at radius 1 is 1.19 bits per heavy atom. The minimum atomic E-state index is -0.729. The van der Waals surface area contributed by atoms with Gasteiger partial charge in [0.15, 0.2) is 0 Å². The number of ether oxygens (including phenoxy) is 1. The average molecular weight is 358 g/mol. The first-order valence-electron chi connectivity index (χ1n) is 8.93. The van der Waals surface area contributed by atoms with Gasteiger partial charge in [-0.2, -0.15) is 0 Å². The van der Waals surface area contributed by atoms with Gasteiger partial charge in [0.2, 0.25) is 11.8 Å². The zero-order valence-electron chi connectivity index (χ0n) is 15.2. The second-order valence-electron chi connectivity index (χ2n) is 6.62. The zero-order chi connectivity index (χ0) is 18.9. The van der Waals surface area contributed by atoms with Gasteiger partial charge in [-0.3, -0.25) is 9.59 Å². The minimum Gasteiger partial charge on any atom is -0.462 e. The molecule has 1 aliphatic rings. The van der Waals surface area contributed by atoms with E-state index >= 15 is 0 Å². The van der Waals surface area contributed by atoms with E-state index in [0.29, 0.717) is 19.3 Å². The van der Waals surface area contributed by atoms with Crippen molar-refractivity contribution in [3.8, 4) is 0 Å². The maximum atomic E-state index is 12.5. The Morgan fingerprint density at radius 2 is 1.92 bits per heavy atom. The second-order valence-corrected chi connectivity index (χ2v) is 6.62. The van der Waals surface area contributed by atoms with Gasteiger partial charge in [0.25, 0.3) is 0 Å². The predicted octanol–water partition coefficient (Wildman–Crippen LogP) is 2.27. The lowest BCUT2D eigenvalue weighted by atomic mass is 10.1. The fraction of sp³-hybridized carbons (Fsp3) is 0.450. The van der Waals surface area contributed by atoms with Crippen LogP contribution in [0.5, 0.6) is 0 Å². The molecule has 0 bridgehead atoms. The molecule has 2 N–H and O–H groups in total. The standard InChI is InChI=1S/C20H26N2O4/c1-14(2)19(24)22-16-11-7-4-8-12-18(23)21-17(13-26-20(16)25)15-9-5-3-6-10-15/h3-7,9-10,14,16-17H,8,11-13H2,1-2H3,(H,21,23)(H,22,24)/b7-4+/t16-,17?/m1/s1. The number of amides is 2. The van der Waals surface area contributed by atoms with E-state index < -0.39 is 18.1 Å². The molecule has 1 heterocycles. The Balaban J connectivity index is 2.14. The molecule has 0 aliphatic carbocycles. The fourth-order valence-corrected chi connectivity index (χ4v) is 2.56. The lowest BCUT2D eigenvalue weighted by Gasteiger charge is -2.22. The van der Waals surface area contributed by atoms with Crippen molar-refractivity contribution in [2.75, 3.05) is 6.61 Å². The molecule has 1 aromatic rings. The largest absolute Gasteiger partial charge is 0.462 e. The number of nitrogens with one attached hydrogen (secondary N) is 2. The van der Waals surface area contributed by atoms with E-state index in [2.05, 4.69) is 10.6 Å². The lowest BCUT2D eigenvalue weighted by molar-refractivity contribution is -0.149. The van der Waals surface area contributed by atoms with E-state index in [9.17, 15) is 14.4 Å². The van der Waals surface area contributed by atoms with Crippen LogP contribution in [0.1, 0.15) is 44.7 Å². The van der Waals surface area contributed by atoms with Gasteiger partial charge < -0.3 is 15.4 Å². The fourth-order valence-electron chi connectivity index (χ4n) is 2.56. The summed E-state index contributed by atoms with van der Waals surface area (Å²) in [5.41, 5.74) is 0.865. The molecule has 0 radical (unpaired) electrons. The number of benzene rings is 1. The van der Waals surface area contributed by atoms with E-state index in [1.807, 2.05) is 36.4 Å². The maximum Gasteiger partial charge on any atom is 0.329 e. The van der Waals surface area contributed by atoms with E-state index in [-0.39, 0.29) is 24.3 Å². The summed E-state index contributed by atoms with van der Waals surface area (Å²) >= 11 is 0. The Labute approximate surface area is 154 Å². The zero-order valence-corrected chi connectivity index (χ0v) is 15.2. The summed E-state index contributed by atoms with van der Waals surface area (Å²) in [6.45, 7) is 3.56. The smallest absolute Gasteiger partial charge is 0.329 e. The van der Waals surface area contributed by atoms with Crippen LogP contribution in [0.3, 0.4) is 0 Å². The molecule has 0 saturated carbocycles. The number of allylic oxidation sites excluding steroid dienone is 1. The number of hydrogen-bond donors (Lipinski definition) is 2. The molecule has 0 spiro atoms. The van der Waals surface area contributed by atoms with Crippen LogP contribution in [-0.4, -0.2) is 30.4 Å². The Hall–Kier alpha value is -2.63. The molecule has 0 fully saturated rings. The second kappa shape index (κ2) is 9.75. The van der Waals surface area contributed by atoms with E-state index in [0.717, 1.165) is 5.56 Å². The topological polar surface area (TPSA) is 84.5 Å². The number of cyclic esters (lactones) is 1. The van der Waals surface area contributed by atoms with Gasteiger partial charge in [0.1, 0.15) is 12.6 Å². The lowest BCUT2D eigenvalue weighted by Crippen LogP contribution is -2.44. The van der Waals surface area contributed by atoms with Crippen LogP contribution in [0, 0.1) is 5.92 Å². The van der Waals surface area contributed by atoms with Crippen molar-refractivity contribution >= 4 is 17.8 Å². The van der Waals surface area contributed by atoms with Crippen LogP contribution in [-0.2, 0) is 19.1 Å². The van der Waals surface area contributed by atoms with Crippen LogP contribution < -0.4 is 10.6 Å². The van der Waals surface area contributed by atoms with Crippen molar-refractivity contribution in [2.24, 2.45) is 5.92 Å². The normalized spacial score (nSPS) is 23.2. The van der Waals surface area contributed by atoms with Crippen molar-refractivity contribution in [3.63, 3.8) is 0 Å². The van der Waals surface area contributed by atoms with E-state index in [4.69, 9.17) is 4.74 Å². The van der Waals surface area contributed by atoms with Gasteiger partial charge in [0, 0.05) is 12.3 Å². The molecule has 0 saturated heterocycles. The van der Waals surface area contributed by atoms with Gasteiger partial charge in [-0.25, -0.2) is 4.79 Å². The minimum absolute atomic E-state index is 0.0202. The molecule has 0 aromatic heterocycles. The monoisotopic (exact) mass is 358 g/mol. The van der Waals surface area contributed by atoms with Gasteiger partial charge >= 0.3 is 5.97 Å². The first kappa shape index (κ1) is 19.7. The molecule has 1 aromatic carbocycles. The highest BCUT2D eigenvalue weighted by Crippen LogP contribution is 2.15. The number of rotatable bonds is 3. The molecule has 6 heteroatoms. The van der Waals surface area contributed by atoms with Crippen molar-refractivity contribution < 1.29 is 19.1 Å². The van der Waals surface area contributed by atoms with Crippen molar-refractivity contribution in [2.45, 2.75) is 45.2 Å². The summed E-state index contributed by atoms with van der Waals surface area (Å²) in [6.07, 6.45) is 4.93. The molecule has 1 unspecified atom stereocenters. The SMILES string of the molecule is CC(C)C(=O)N[C@@H]1C/C=C/CCC(=O)NC(c2ccccc2)COC1=O. The first-order chi connectivity index (χ1) is 12.5. The number of carbonyl (C=O) groups excluding carboxylic acids is 3. The molecule has 1 aliphatic heterocycles. The summed E-state index contributed by atoms with van der Waals surface area (Å²) in [5.74, 6) is -1.01. The highest BCUT2D eigenvalue weighted by molar-refractivity contribution is 5.85. The third-order valence-corrected chi connectivity index (χ3v) is 4.13. The maximum absolute atomic E-state index is 12.5. The summed E-state index contributed by atoms with van der Waals surface area (Å²) in [7, 11) is 0. The van der Waals surface area contributed by atoms with Gasteiger partial charge in [-0.15, -0.1) is 0 Å². The highest BCUT2D eigenvalue weighted by Gasteiger charge is 2.24. The summed E-state index contributed by atoms with van der Waals surface area (Å²) in [5, 5.41) is 5.64. The van der Waals surface area contributed by atoms with Crippen LogP contribution in [0.25, 0.3) is 0 Å². The molecule has 2 amide bonds. The number of hydrogen-bond acceptors (Lipinski definition) is 4. The molecule has 2 atom stereocenters. The summed E-state index contributed by atoms with van der Waals surface area (Å²) in [6, 6.07) is 8.23. The van der Waals surface area contributed by atoms with Crippen molar-refractivity contribution in [1.29, 1.82) is 0 Å². The van der Waals surface area contributed by atoms with Crippen molar-refractivity contribution in [3.05, 3.63) is 48.0 Å². The molecule has 140 valence electrons. The Kier molecular flexibility index (Phi) is 7.38. The average Bonchev–Trinajstić information content (AvgIpc) is 2.63. The Morgan fingerprint density at radius 3 is 2.62 bits per heavy atom. The first-order valence-corrected chi connectivity index (χ1v) is 8.93. The van der Waals surface area contributed by atoms with Crippen LogP contribution in [0.2, 0.25) is 0 Å². The van der Waals surface area contributed by atoms with Crippen LogP contribution in [0.15, 0.2) is 42.5 Å². The van der Waals surface area contributed by atoms with E-state index in [1.54, 1.807) is 19.9 Å². The molecule has 2 rings (SSSR count).